The molecule has 0 aromatic rings. The molecule has 0 saturated carbocycles. The Hall–Kier alpha value is -5.24. The molecule has 308 valence electrons. The van der Waals surface area contributed by atoms with Gasteiger partial charge in [-0.3, -0.25) is 33.6 Å². The zero-order valence-electron chi connectivity index (χ0n) is 32.0. The molecule has 0 fully saturated rings. The molecule has 14 N–H and O–H groups in total. The number of nitrogens with two attached hydrogens (primary N) is 3. The van der Waals surface area contributed by atoms with Crippen molar-refractivity contribution in [1.82, 2.24) is 37.2 Å². The van der Waals surface area contributed by atoms with E-state index in [0.29, 0.717) is 58.2 Å². The van der Waals surface area contributed by atoms with Crippen LogP contribution in [-0.4, -0.2) is 114 Å². The topological polar surface area (TPSA) is 319 Å². The maximum Gasteiger partial charge on any atom is 0.326 e. The summed E-state index contributed by atoms with van der Waals surface area (Å²) >= 11 is 0. The van der Waals surface area contributed by atoms with Crippen molar-refractivity contribution < 1.29 is 43.5 Å². The molecule has 0 bridgehead atoms. The molecular formula is C36H60N10O9. The molecule has 0 aromatic heterocycles. The van der Waals surface area contributed by atoms with Gasteiger partial charge in [-0.05, 0) is 91.3 Å². The Balaban J connectivity index is 5.74. The smallest absolute Gasteiger partial charge is 0.326 e. The van der Waals surface area contributed by atoms with Crippen LogP contribution in [0.1, 0.15) is 91.4 Å². The molecule has 0 aliphatic carbocycles. The fourth-order valence-electron chi connectivity index (χ4n) is 5.07. The lowest BCUT2D eigenvalue weighted by atomic mass is 10.1. The van der Waals surface area contributed by atoms with Crippen molar-refractivity contribution in [3.05, 3.63) is 0 Å². The molecule has 0 aliphatic heterocycles. The van der Waals surface area contributed by atoms with E-state index in [-0.39, 0.29) is 32.1 Å². The second-order valence-electron chi connectivity index (χ2n) is 13.0. The van der Waals surface area contributed by atoms with Crippen LogP contribution in [0.5, 0.6) is 0 Å². The molecule has 0 saturated heterocycles. The summed E-state index contributed by atoms with van der Waals surface area (Å²) < 4.78 is 0. The molecule has 0 aliphatic rings. The molecule has 19 heteroatoms. The van der Waals surface area contributed by atoms with E-state index in [2.05, 4.69) is 49.1 Å². The lowest BCUT2D eigenvalue weighted by molar-refractivity contribution is -0.142. The Labute approximate surface area is 322 Å². The van der Waals surface area contributed by atoms with E-state index in [1.165, 1.54) is 20.8 Å². The highest BCUT2D eigenvalue weighted by atomic mass is 16.4. The van der Waals surface area contributed by atoms with Crippen LogP contribution < -0.4 is 54.4 Å². The van der Waals surface area contributed by atoms with Crippen molar-refractivity contribution in [2.45, 2.75) is 134 Å². The van der Waals surface area contributed by atoms with Crippen molar-refractivity contribution in [2.24, 2.45) is 17.2 Å². The summed E-state index contributed by atoms with van der Waals surface area (Å²) in [7, 11) is 0. The number of carbonyl (C=O) groups excluding carboxylic acids is 7. The van der Waals surface area contributed by atoms with Crippen LogP contribution in [0.3, 0.4) is 0 Å². The van der Waals surface area contributed by atoms with Gasteiger partial charge in [0.25, 0.3) is 0 Å². The summed E-state index contributed by atoms with van der Waals surface area (Å²) in [6, 6.07) is -8.42. The van der Waals surface area contributed by atoms with Gasteiger partial charge in [0.2, 0.25) is 41.4 Å². The minimum absolute atomic E-state index is 0.0871. The van der Waals surface area contributed by atoms with Gasteiger partial charge in [0, 0.05) is 19.8 Å². The fraction of sp³-hybridized carbons (Fsp3) is 0.667. The number of unbranched alkanes of at least 4 members (excludes halogenated alkanes) is 3. The van der Waals surface area contributed by atoms with E-state index in [0.717, 1.165) is 0 Å². The number of carboxylic acid groups (broad SMARTS) is 1. The fourth-order valence-corrected chi connectivity index (χ4v) is 5.07. The first-order valence-electron chi connectivity index (χ1n) is 18.4. The number of hydrogen-bond donors (Lipinski definition) is 11. The minimum Gasteiger partial charge on any atom is -0.480 e. The van der Waals surface area contributed by atoms with E-state index in [4.69, 9.17) is 30.0 Å². The highest BCUT2D eigenvalue weighted by molar-refractivity contribution is 5.97. The summed E-state index contributed by atoms with van der Waals surface area (Å²) in [4.78, 5) is 102. The van der Waals surface area contributed by atoms with Crippen molar-refractivity contribution in [3.8, 4) is 24.7 Å². The normalized spacial score (nSPS) is 14.4. The second-order valence-corrected chi connectivity index (χ2v) is 13.0. The van der Waals surface area contributed by atoms with E-state index in [9.17, 15) is 43.5 Å². The van der Waals surface area contributed by atoms with Gasteiger partial charge in [-0.1, -0.05) is 0 Å². The van der Waals surface area contributed by atoms with Crippen molar-refractivity contribution >= 4 is 47.3 Å². The molecule has 0 spiro atoms. The molecule has 0 aromatic carbocycles. The summed E-state index contributed by atoms with van der Waals surface area (Å²) in [5, 5.41) is 26.8. The van der Waals surface area contributed by atoms with Crippen LogP contribution in [0, 0.1) is 24.7 Å². The molecule has 0 radical (unpaired) electrons. The van der Waals surface area contributed by atoms with E-state index >= 15 is 0 Å². The third-order valence-electron chi connectivity index (χ3n) is 8.20. The molecule has 19 nitrogen and oxygen atoms in total. The average Bonchev–Trinajstić information content (AvgIpc) is 3.12. The number of carbonyl (C=O) groups is 8. The van der Waals surface area contributed by atoms with Crippen LogP contribution in [0.4, 0.5) is 0 Å². The molecule has 0 rings (SSSR count). The summed E-state index contributed by atoms with van der Waals surface area (Å²) in [6.45, 7) is 4.97. The molecule has 7 atom stereocenters. The number of terminal acetylenes is 2. The lowest BCUT2D eigenvalue weighted by Crippen LogP contribution is -2.59. The van der Waals surface area contributed by atoms with Crippen LogP contribution >= 0.6 is 0 Å². The summed E-state index contributed by atoms with van der Waals surface area (Å²) in [5.74, 6) is -1.76. The third-order valence-corrected chi connectivity index (χ3v) is 8.20. The zero-order valence-corrected chi connectivity index (χ0v) is 32.0. The zero-order chi connectivity index (χ0) is 41.9. The lowest BCUT2D eigenvalue weighted by Gasteiger charge is -2.26. The Kier molecular flexibility index (Phi) is 25.5. The van der Waals surface area contributed by atoms with Crippen molar-refractivity contribution in [1.29, 1.82) is 0 Å². The predicted octanol–water partition coefficient (Wildman–Crippen LogP) is -3.04. The largest absolute Gasteiger partial charge is 0.480 e. The van der Waals surface area contributed by atoms with Crippen molar-refractivity contribution in [3.63, 3.8) is 0 Å². The second kappa shape index (κ2) is 28.2. The van der Waals surface area contributed by atoms with E-state index in [1.54, 1.807) is 0 Å². The molecule has 0 unspecified atom stereocenters. The van der Waals surface area contributed by atoms with Crippen LogP contribution in [0.2, 0.25) is 0 Å². The minimum atomic E-state index is -1.34. The number of amides is 7. The first-order chi connectivity index (χ1) is 26.1. The highest BCUT2D eigenvalue weighted by Gasteiger charge is 2.32. The highest BCUT2D eigenvalue weighted by Crippen LogP contribution is 2.07. The molecule has 0 heterocycles. The Bertz CT molecular complexity index is 1380. The first kappa shape index (κ1) is 49.8. The average molecular weight is 777 g/mol. The van der Waals surface area contributed by atoms with Gasteiger partial charge >= 0.3 is 5.97 Å². The quantitative estimate of drug-likeness (QED) is 0.0279. The molecule has 7 amide bonds. The van der Waals surface area contributed by atoms with E-state index < -0.39 is 89.6 Å². The first-order valence-corrected chi connectivity index (χ1v) is 18.4. The summed E-state index contributed by atoms with van der Waals surface area (Å²) in [6.07, 6.45) is 13.9. The van der Waals surface area contributed by atoms with Crippen molar-refractivity contribution in [2.75, 3.05) is 19.6 Å². The van der Waals surface area contributed by atoms with Gasteiger partial charge in [0.1, 0.15) is 42.3 Å². The van der Waals surface area contributed by atoms with E-state index in [1.807, 2.05) is 0 Å². The van der Waals surface area contributed by atoms with Gasteiger partial charge in [0.05, 0.1) is 0 Å². The van der Waals surface area contributed by atoms with Gasteiger partial charge in [-0.15, -0.1) is 24.7 Å². The summed E-state index contributed by atoms with van der Waals surface area (Å²) in [5.41, 5.74) is 16.6. The third kappa shape index (κ3) is 20.7. The number of carboxylic acids is 1. The number of rotatable bonds is 28. The van der Waals surface area contributed by atoms with Crippen LogP contribution in [0.15, 0.2) is 0 Å². The number of nitrogens with one attached hydrogen (secondary N) is 7. The SMILES string of the molecule is C#CC[C@H](NC(=O)[C@H](CCCCN)NC(C)=O)C(=O)N[C@@H](C)C(=O)N[C@@H](CCCCN)C(=O)N[C@@H](CC#C)C(=O)N[C@@H](C)C(=O)N[C@@H](CCCCN)C(=O)O. The Morgan fingerprint density at radius 2 is 0.800 bits per heavy atom. The maximum atomic E-state index is 13.5. The Morgan fingerprint density at radius 1 is 0.491 bits per heavy atom. The number of aliphatic carboxylic acids is 1. The maximum absolute atomic E-state index is 13.5. The monoisotopic (exact) mass is 776 g/mol. The van der Waals surface area contributed by atoms with Gasteiger partial charge in [-0.2, -0.15) is 0 Å². The van der Waals surface area contributed by atoms with Gasteiger partial charge in [-0.25, -0.2) is 4.79 Å². The standard InChI is InChI=1S/C36H60N10O9/c1-6-14-25(44-34(52)27(42-24(5)47)16-8-11-19-37)32(50)40-22(3)30(48)43-28(17-9-12-20-38)35(53)45-26(15-7-2)33(51)41-23(4)31(49)46-29(36(54)55)18-10-13-21-39/h1-2,22-23,25-29H,8-21,37-39H2,3-5H3,(H,40,50)(H,41,51)(H,42,47)(H,43,48)(H,44,52)(H,45,53)(H,46,49)(H,54,55)/t22-,23-,25-,26-,27-,28-,29-/m0/s1. The van der Waals surface area contributed by atoms with Gasteiger partial charge in [0.15, 0.2) is 0 Å². The Morgan fingerprint density at radius 3 is 1.13 bits per heavy atom. The van der Waals surface area contributed by atoms with Gasteiger partial charge < -0.3 is 59.5 Å². The molecule has 55 heavy (non-hydrogen) atoms. The predicted molar refractivity (Wildman–Crippen MR) is 204 cm³/mol. The number of hydrogen-bond acceptors (Lipinski definition) is 11. The van der Waals surface area contributed by atoms with Crippen LogP contribution in [-0.2, 0) is 38.4 Å². The molecular weight excluding hydrogens is 716 g/mol. The van der Waals surface area contributed by atoms with Crippen LogP contribution in [0.25, 0.3) is 0 Å².